The number of hydrogen-bond donors (Lipinski definition) is 1. The van der Waals surface area contributed by atoms with E-state index in [1.165, 1.54) is 0 Å². The first-order valence-electron chi connectivity index (χ1n) is 9.50. The van der Waals surface area contributed by atoms with Crippen molar-refractivity contribution in [3.8, 4) is 5.75 Å². The minimum atomic E-state index is -0.913. The van der Waals surface area contributed by atoms with E-state index in [1.54, 1.807) is 31.2 Å². The van der Waals surface area contributed by atoms with E-state index < -0.39 is 12.1 Å². The minimum Gasteiger partial charge on any atom is -0.493 e. The zero-order valence-electron chi connectivity index (χ0n) is 17.5. The number of benzene rings is 2. The Labute approximate surface area is 167 Å². The molecule has 0 aromatic heterocycles. The van der Waals surface area contributed by atoms with Gasteiger partial charge in [-0.15, -0.1) is 0 Å². The molecule has 1 N–H and O–H groups in total. The van der Waals surface area contributed by atoms with Crippen LogP contribution in [0.5, 0.6) is 5.75 Å². The Morgan fingerprint density at radius 2 is 1.54 bits per heavy atom. The van der Waals surface area contributed by atoms with Crippen LogP contribution in [0.3, 0.4) is 0 Å². The van der Waals surface area contributed by atoms with Crippen LogP contribution in [0.25, 0.3) is 0 Å². The largest absolute Gasteiger partial charge is 0.493 e. The monoisotopic (exact) mass is 383 g/mol. The van der Waals surface area contributed by atoms with Crippen molar-refractivity contribution in [1.82, 2.24) is 0 Å². The topological polar surface area (TPSA) is 64.6 Å². The maximum absolute atomic E-state index is 12.5. The molecule has 5 nitrogen and oxygen atoms in total. The predicted molar refractivity (Wildman–Crippen MR) is 111 cm³/mol. The molecule has 1 amide bonds. The molecule has 0 fully saturated rings. The Kier molecular flexibility index (Phi) is 7.21. The number of carbonyl (C=O) groups is 2. The van der Waals surface area contributed by atoms with Crippen molar-refractivity contribution in [2.75, 3.05) is 11.9 Å². The van der Waals surface area contributed by atoms with Crippen molar-refractivity contribution in [1.29, 1.82) is 0 Å². The van der Waals surface area contributed by atoms with Crippen LogP contribution in [-0.2, 0) is 9.53 Å². The Morgan fingerprint density at radius 3 is 2.07 bits per heavy atom. The molecule has 2 aromatic rings. The van der Waals surface area contributed by atoms with Gasteiger partial charge in [0.05, 0.1) is 12.2 Å². The van der Waals surface area contributed by atoms with Crippen LogP contribution >= 0.6 is 0 Å². The van der Waals surface area contributed by atoms with Gasteiger partial charge in [0.1, 0.15) is 5.75 Å². The van der Waals surface area contributed by atoms with E-state index in [-0.39, 0.29) is 5.91 Å². The number of hydrogen-bond acceptors (Lipinski definition) is 4. The fraction of sp³-hybridized carbons (Fsp3) is 0.391. The summed E-state index contributed by atoms with van der Waals surface area (Å²) in [6, 6.07) is 10.7. The Bertz CT molecular complexity index is 817. The van der Waals surface area contributed by atoms with Crippen molar-refractivity contribution in [2.24, 2.45) is 5.92 Å². The third kappa shape index (κ3) is 5.84. The summed E-state index contributed by atoms with van der Waals surface area (Å²) < 4.78 is 10.9. The number of aryl methyl sites for hydroxylation is 3. The standard InChI is InChI=1S/C23H29NO4/c1-14(2)13-27-20-9-7-19(8-10-20)23(26)28-18(6)22(25)24-21-16(4)11-15(3)12-17(21)5/h7-12,14,18H,13H2,1-6H3,(H,24,25)/t18-/m0/s1. The van der Waals surface area contributed by atoms with E-state index in [0.29, 0.717) is 23.8 Å². The number of carbonyl (C=O) groups excluding carboxylic acids is 2. The van der Waals surface area contributed by atoms with Crippen LogP contribution < -0.4 is 10.1 Å². The van der Waals surface area contributed by atoms with E-state index >= 15 is 0 Å². The normalized spacial score (nSPS) is 11.8. The van der Waals surface area contributed by atoms with Gasteiger partial charge in [0, 0.05) is 5.69 Å². The van der Waals surface area contributed by atoms with Gasteiger partial charge in [-0.1, -0.05) is 31.5 Å². The number of ether oxygens (including phenoxy) is 2. The number of amides is 1. The van der Waals surface area contributed by atoms with Crippen LogP contribution in [0.2, 0.25) is 0 Å². The van der Waals surface area contributed by atoms with Gasteiger partial charge in [0.25, 0.3) is 5.91 Å². The molecule has 28 heavy (non-hydrogen) atoms. The summed E-state index contributed by atoms with van der Waals surface area (Å²) in [5, 5.41) is 2.86. The van der Waals surface area contributed by atoms with Crippen molar-refractivity contribution in [2.45, 2.75) is 47.6 Å². The van der Waals surface area contributed by atoms with Crippen molar-refractivity contribution < 1.29 is 19.1 Å². The molecule has 0 saturated heterocycles. The molecule has 0 aliphatic rings. The van der Waals surface area contributed by atoms with E-state index in [1.807, 2.05) is 32.9 Å². The maximum Gasteiger partial charge on any atom is 0.338 e. The molecule has 0 radical (unpaired) electrons. The zero-order chi connectivity index (χ0) is 20.8. The first-order chi connectivity index (χ1) is 13.2. The third-order valence-corrected chi connectivity index (χ3v) is 4.25. The van der Waals surface area contributed by atoms with Crippen LogP contribution in [0.15, 0.2) is 36.4 Å². The molecule has 0 aliphatic heterocycles. The quantitative estimate of drug-likeness (QED) is 0.696. The Hall–Kier alpha value is -2.82. The van der Waals surface area contributed by atoms with Gasteiger partial charge in [-0.3, -0.25) is 4.79 Å². The van der Waals surface area contributed by atoms with Crippen molar-refractivity contribution in [3.05, 3.63) is 58.7 Å². The fourth-order valence-corrected chi connectivity index (χ4v) is 2.83. The van der Waals surface area contributed by atoms with Crippen LogP contribution in [0, 0.1) is 26.7 Å². The molecule has 0 spiro atoms. The number of nitrogens with one attached hydrogen (secondary N) is 1. The van der Waals surface area contributed by atoms with Gasteiger partial charge in [-0.05, 0) is 69.0 Å². The minimum absolute atomic E-state index is 0.361. The Morgan fingerprint density at radius 1 is 0.964 bits per heavy atom. The number of anilines is 1. The molecule has 0 saturated carbocycles. The smallest absolute Gasteiger partial charge is 0.338 e. The summed E-state index contributed by atoms with van der Waals surface area (Å²) >= 11 is 0. The average Bonchev–Trinajstić information content (AvgIpc) is 2.63. The highest BCUT2D eigenvalue weighted by atomic mass is 16.5. The lowest BCUT2D eigenvalue weighted by molar-refractivity contribution is -0.123. The van der Waals surface area contributed by atoms with E-state index in [9.17, 15) is 9.59 Å². The summed E-state index contributed by atoms with van der Waals surface area (Å²) in [6.07, 6.45) is -0.913. The van der Waals surface area contributed by atoms with Gasteiger partial charge >= 0.3 is 5.97 Å². The second-order valence-electron chi connectivity index (χ2n) is 7.54. The summed E-state index contributed by atoms with van der Waals surface area (Å²) in [4.78, 5) is 24.8. The summed E-state index contributed by atoms with van der Waals surface area (Å²) in [6.45, 7) is 12.2. The predicted octanol–water partition coefficient (Wildman–Crippen LogP) is 4.83. The first kappa shape index (κ1) is 21.5. The van der Waals surface area contributed by atoms with Gasteiger partial charge < -0.3 is 14.8 Å². The van der Waals surface area contributed by atoms with E-state index in [0.717, 1.165) is 22.4 Å². The van der Waals surface area contributed by atoms with Crippen LogP contribution in [0.4, 0.5) is 5.69 Å². The molecule has 150 valence electrons. The summed E-state index contributed by atoms with van der Waals surface area (Å²) in [5.41, 5.74) is 4.21. The highest BCUT2D eigenvalue weighted by molar-refractivity contribution is 5.98. The lowest BCUT2D eigenvalue weighted by atomic mass is 10.0. The second-order valence-corrected chi connectivity index (χ2v) is 7.54. The molecular formula is C23H29NO4. The van der Waals surface area contributed by atoms with E-state index in [2.05, 4.69) is 19.2 Å². The van der Waals surface area contributed by atoms with Gasteiger partial charge in [-0.25, -0.2) is 4.79 Å². The number of esters is 1. The van der Waals surface area contributed by atoms with Gasteiger partial charge in [0.15, 0.2) is 6.10 Å². The molecule has 0 unspecified atom stereocenters. The molecule has 2 aromatic carbocycles. The molecule has 0 aliphatic carbocycles. The van der Waals surface area contributed by atoms with Crippen molar-refractivity contribution >= 4 is 17.6 Å². The fourth-order valence-electron chi connectivity index (χ4n) is 2.83. The lowest BCUT2D eigenvalue weighted by Gasteiger charge is -2.17. The van der Waals surface area contributed by atoms with Crippen LogP contribution in [-0.4, -0.2) is 24.6 Å². The van der Waals surface area contributed by atoms with Gasteiger partial charge in [-0.2, -0.15) is 0 Å². The molecule has 1 atom stereocenters. The first-order valence-corrected chi connectivity index (χ1v) is 9.50. The number of rotatable bonds is 7. The SMILES string of the molecule is Cc1cc(C)c(NC(=O)[C@H](C)OC(=O)c2ccc(OCC(C)C)cc2)c(C)c1. The Balaban J connectivity index is 1.97. The highest BCUT2D eigenvalue weighted by Gasteiger charge is 2.20. The highest BCUT2D eigenvalue weighted by Crippen LogP contribution is 2.22. The molecule has 0 heterocycles. The second kappa shape index (κ2) is 9.40. The average molecular weight is 383 g/mol. The molecule has 0 bridgehead atoms. The summed E-state index contributed by atoms with van der Waals surface area (Å²) in [5.74, 6) is 0.210. The van der Waals surface area contributed by atoms with E-state index in [4.69, 9.17) is 9.47 Å². The zero-order valence-corrected chi connectivity index (χ0v) is 17.5. The molecular weight excluding hydrogens is 354 g/mol. The summed E-state index contributed by atoms with van der Waals surface area (Å²) in [7, 11) is 0. The third-order valence-electron chi connectivity index (χ3n) is 4.25. The molecule has 5 heteroatoms. The van der Waals surface area contributed by atoms with Gasteiger partial charge in [0.2, 0.25) is 0 Å². The van der Waals surface area contributed by atoms with Crippen molar-refractivity contribution in [3.63, 3.8) is 0 Å². The molecule has 2 rings (SSSR count). The van der Waals surface area contributed by atoms with Crippen LogP contribution in [0.1, 0.15) is 47.8 Å². The maximum atomic E-state index is 12.5. The lowest BCUT2D eigenvalue weighted by Crippen LogP contribution is -2.30.